The average molecular weight is 365 g/mol. The van der Waals surface area contributed by atoms with Gasteiger partial charge in [-0.2, -0.15) is 0 Å². The highest BCUT2D eigenvalue weighted by atomic mass is 16.5. The molecular formula is C20H31NO5. The van der Waals surface area contributed by atoms with Crippen molar-refractivity contribution in [3.8, 4) is 5.75 Å². The molecule has 1 aromatic carbocycles. The van der Waals surface area contributed by atoms with Crippen LogP contribution in [0.5, 0.6) is 5.75 Å². The highest BCUT2D eigenvalue weighted by Crippen LogP contribution is 2.29. The maximum absolute atomic E-state index is 9.10. The summed E-state index contributed by atoms with van der Waals surface area (Å²) >= 11 is 0. The van der Waals surface area contributed by atoms with E-state index in [0.717, 1.165) is 30.7 Å². The third-order valence-corrected chi connectivity index (χ3v) is 4.99. The SMILES string of the molecule is Cc1ccc(OCCNC2CCCC(C)C2C)c(C)c1.O=C(O)C(=O)O. The van der Waals surface area contributed by atoms with E-state index in [0.29, 0.717) is 6.04 Å². The molecule has 1 aliphatic rings. The molecule has 0 spiro atoms. The van der Waals surface area contributed by atoms with Crippen molar-refractivity contribution < 1.29 is 24.5 Å². The normalized spacial score (nSPS) is 22.1. The van der Waals surface area contributed by atoms with Crippen molar-refractivity contribution in [2.45, 2.75) is 53.0 Å². The molecule has 2 rings (SSSR count). The van der Waals surface area contributed by atoms with Crippen LogP contribution in [0.25, 0.3) is 0 Å². The zero-order valence-electron chi connectivity index (χ0n) is 16.1. The van der Waals surface area contributed by atoms with Crippen LogP contribution in [0.3, 0.4) is 0 Å². The number of rotatable bonds is 5. The fourth-order valence-corrected chi connectivity index (χ4v) is 3.24. The Bertz CT molecular complexity index is 590. The molecule has 1 fully saturated rings. The summed E-state index contributed by atoms with van der Waals surface area (Å²) in [5.41, 5.74) is 2.52. The van der Waals surface area contributed by atoms with Crippen LogP contribution in [0, 0.1) is 25.7 Å². The maximum Gasteiger partial charge on any atom is 0.414 e. The van der Waals surface area contributed by atoms with Crippen LogP contribution in [-0.4, -0.2) is 41.3 Å². The van der Waals surface area contributed by atoms with Crippen molar-refractivity contribution in [1.82, 2.24) is 5.32 Å². The quantitative estimate of drug-likeness (QED) is 0.547. The van der Waals surface area contributed by atoms with Gasteiger partial charge in [0.05, 0.1) is 0 Å². The van der Waals surface area contributed by atoms with E-state index in [4.69, 9.17) is 24.5 Å². The Morgan fingerprint density at radius 1 is 1.15 bits per heavy atom. The monoisotopic (exact) mass is 365 g/mol. The van der Waals surface area contributed by atoms with Crippen LogP contribution in [-0.2, 0) is 9.59 Å². The predicted molar refractivity (Wildman–Crippen MR) is 101 cm³/mol. The molecule has 1 saturated carbocycles. The molecule has 0 saturated heterocycles. The summed E-state index contributed by atoms with van der Waals surface area (Å²) in [5, 5.41) is 18.5. The van der Waals surface area contributed by atoms with Gasteiger partial charge in [-0.1, -0.05) is 44.4 Å². The topological polar surface area (TPSA) is 95.9 Å². The number of benzene rings is 1. The fourth-order valence-electron chi connectivity index (χ4n) is 3.24. The lowest BCUT2D eigenvalue weighted by Crippen LogP contribution is -2.42. The minimum atomic E-state index is -1.82. The average Bonchev–Trinajstić information content (AvgIpc) is 2.57. The minimum absolute atomic E-state index is 0.668. The smallest absolute Gasteiger partial charge is 0.414 e. The third-order valence-electron chi connectivity index (χ3n) is 4.99. The van der Waals surface area contributed by atoms with E-state index in [-0.39, 0.29) is 0 Å². The van der Waals surface area contributed by atoms with E-state index in [2.05, 4.69) is 51.2 Å². The highest BCUT2D eigenvalue weighted by molar-refractivity contribution is 6.27. The van der Waals surface area contributed by atoms with Gasteiger partial charge in [0.2, 0.25) is 0 Å². The molecule has 0 bridgehead atoms. The Hall–Kier alpha value is -2.08. The molecule has 0 radical (unpaired) electrons. The lowest BCUT2D eigenvalue weighted by molar-refractivity contribution is -0.159. The Labute approximate surface area is 155 Å². The van der Waals surface area contributed by atoms with E-state index >= 15 is 0 Å². The molecule has 0 aromatic heterocycles. The van der Waals surface area contributed by atoms with Gasteiger partial charge in [0.25, 0.3) is 0 Å². The number of aryl methyl sites for hydroxylation is 2. The van der Waals surface area contributed by atoms with Gasteiger partial charge >= 0.3 is 11.9 Å². The first kappa shape index (κ1) is 22.0. The van der Waals surface area contributed by atoms with Crippen molar-refractivity contribution in [3.63, 3.8) is 0 Å². The van der Waals surface area contributed by atoms with E-state index in [1.165, 1.54) is 30.4 Å². The number of hydrogen-bond acceptors (Lipinski definition) is 4. The summed E-state index contributed by atoms with van der Waals surface area (Å²) in [6.07, 6.45) is 4.06. The van der Waals surface area contributed by atoms with Crippen LogP contribution in [0.1, 0.15) is 44.2 Å². The molecule has 1 aliphatic carbocycles. The van der Waals surface area contributed by atoms with Crippen LogP contribution < -0.4 is 10.1 Å². The van der Waals surface area contributed by atoms with Gasteiger partial charge in [0, 0.05) is 12.6 Å². The molecule has 0 amide bonds. The van der Waals surface area contributed by atoms with Crippen molar-refractivity contribution in [3.05, 3.63) is 29.3 Å². The summed E-state index contributed by atoms with van der Waals surface area (Å²) in [6, 6.07) is 7.03. The summed E-state index contributed by atoms with van der Waals surface area (Å²) in [5.74, 6) is -1.00. The molecule has 0 aliphatic heterocycles. The van der Waals surface area contributed by atoms with Gasteiger partial charge in [0.15, 0.2) is 0 Å². The zero-order valence-corrected chi connectivity index (χ0v) is 16.1. The van der Waals surface area contributed by atoms with E-state index < -0.39 is 11.9 Å². The molecule has 6 heteroatoms. The molecule has 0 heterocycles. The molecule has 6 nitrogen and oxygen atoms in total. The van der Waals surface area contributed by atoms with Gasteiger partial charge in [-0.25, -0.2) is 9.59 Å². The zero-order chi connectivity index (χ0) is 19.7. The van der Waals surface area contributed by atoms with E-state index in [1.807, 2.05) is 0 Å². The lowest BCUT2D eigenvalue weighted by atomic mass is 9.78. The van der Waals surface area contributed by atoms with E-state index in [9.17, 15) is 0 Å². The van der Waals surface area contributed by atoms with Gasteiger partial charge in [-0.05, 0) is 43.7 Å². The molecule has 3 unspecified atom stereocenters. The standard InChI is InChI=1S/C18H29NO.C2H2O4/c1-13-8-9-18(15(3)12-13)20-11-10-19-17-7-5-6-14(2)16(17)4;3-1(4)2(5)6/h8-9,12,14,16-17,19H,5-7,10-11H2,1-4H3;(H,3,4)(H,5,6). The van der Waals surface area contributed by atoms with Crippen molar-refractivity contribution in [2.24, 2.45) is 11.8 Å². The van der Waals surface area contributed by atoms with Crippen LogP contribution in [0.2, 0.25) is 0 Å². The van der Waals surface area contributed by atoms with Gasteiger partial charge < -0.3 is 20.3 Å². The van der Waals surface area contributed by atoms with Crippen LogP contribution >= 0.6 is 0 Å². The maximum atomic E-state index is 9.10. The highest BCUT2D eigenvalue weighted by Gasteiger charge is 2.26. The predicted octanol–water partition coefficient (Wildman–Crippen LogP) is 3.25. The Morgan fingerprint density at radius 2 is 1.81 bits per heavy atom. The Morgan fingerprint density at radius 3 is 2.38 bits per heavy atom. The number of carboxylic acid groups (broad SMARTS) is 2. The number of nitrogens with one attached hydrogen (secondary N) is 1. The summed E-state index contributed by atoms with van der Waals surface area (Å²) in [7, 11) is 0. The number of carboxylic acids is 2. The third kappa shape index (κ3) is 7.44. The molecule has 1 aromatic rings. The van der Waals surface area contributed by atoms with Crippen LogP contribution in [0.15, 0.2) is 18.2 Å². The summed E-state index contributed by atoms with van der Waals surface area (Å²) < 4.78 is 5.88. The molecule has 3 atom stereocenters. The first-order chi connectivity index (χ1) is 12.2. The van der Waals surface area contributed by atoms with Gasteiger partial charge in [0.1, 0.15) is 12.4 Å². The molecular weight excluding hydrogens is 334 g/mol. The first-order valence-corrected chi connectivity index (χ1v) is 9.12. The first-order valence-electron chi connectivity index (χ1n) is 9.12. The second-order valence-corrected chi connectivity index (χ2v) is 7.06. The number of ether oxygens (including phenoxy) is 1. The number of carbonyl (C=O) groups is 2. The summed E-state index contributed by atoms with van der Waals surface area (Å²) in [4.78, 5) is 18.2. The van der Waals surface area contributed by atoms with Crippen molar-refractivity contribution >= 4 is 11.9 Å². The fraction of sp³-hybridized carbons (Fsp3) is 0.600. The van der Waals surface area contributed by atoms with Gasteiger partial charge in [-0.3, -0.25) is 0 Å². The largest absolute Gasteiger partial charge is 0.492 e. The van der Waals surface area contributed by atoms with Crippen molar-refractivity contribution in [1.29, 1.82) is 0 Å². The molecule has 3 N–H and O–H groups in total. The van der Waals surface area contributed by atoms with Crippen LogP contribution in [0.4, 0.5) is 0 Å². The minimum Gasteiger partial charge on any atom is -0.492 e. The van der Waals surface area contributed by atoms with Crippen molar-refractivity contribution in [2.75, 3.05) is 13.2 Å². The number of hydrogen-bond donors (Lipinski definition) is 3. The second-order valence-electron chi connectivity index (χ2n) is 7.06. The Kier molecular flexibility index (Phi) is 9.13. The molecule has 146 valence electrons. The second kappa shape index (κ2) is 10.8. The number of aliphatic carboxylic acids is 2. The van der Waals surface area contributed by atoms with Gasteiger partial charge in [-0.15, -0.1) is 0 Å². The summed E-state index contributed by atoms with van der Waals surface area (Å²) in [6.45, 7) is 10.7. The van der Waals surface area contributed by atoms with E-state index in [1.54, 1.807) is 0 Å². The Balaban J connectivity index is 0.000000487. The lowest BCUT2D eigenvalue weighted by Gasteiger charge is -2.34. The molecule has 26 heavy (non-hydrogen) atoms.